The molecule has 0 saturated carbocycles. The van der Waals surface area contributed by atoms with Crippen molar-refractivity contribution in [1.82, 2.24) is 15.1 Å². The highest BCUT2D eigenvalue weighted by atomic mass is 16.6. The molecule has 2 aromatic rings. The zero-order valence-corrected chi connectivity index (χ0v) is 20.8. The van der Waals surface area contributed by atoms with Gasteiger partial charge in [-0.15, -0.1) is 0 Å². The molecule has 0 spiro atoms. The summed E-state index contributed by atoms with van der Waals surface area (Å²) in [7, 11) is 0. The van der Waals surface area contributed by atoms with Crippen molar-refractivity contribution in [3.8, 4) is 0 Å². The van der Waals surface area contributed by atoms with Gasteiger partial charge in [0.1, 0.15) is 25.4 Å². The van der Waals surface area contributed by atoms with Crippen molar-refractivity contribution in [2.24, 2.45) is 0 Å². The normalized spacial score (nSPS) is 15.2. The summed E-state index contributed by atoms with van der Waals surface area (Å²) < 4.78 is 15.6. The molecule has 0 radical (unpaired) electrons. The third-order valence-corrected chi connectivity index (χ3v) is 5.08. The number of alkyl carbamates (subject to hydrolysis) is 1. The molecule has 0 aromatic heterocycles. The molecular weight excluding hydrogens is 482 g/mol. The largest absolute Gasteiger partial charge is 0.459 e. The minimum Gasteiger partial charge on any atom is -0.459 e. The second-order valence-corrected chi connectivity index (χ2v) is 9.16. The Balaban J connectivity index is 1.70. The Bertz CT molecular complexity index is 1130. The van der Waals surface area contributed by atoms with Crippen LogP contribution in [0.1, 0.15) is 31.9 Å². The number of carbonyl (C=O) groups excluding carboxylic acids is 5. The highest BCUT2D eigenvalue weighted by molar-refractivity contribution is 6.07. The summed E-state index contributed by atoms with van der Waals surface area (Å²) in [6.07, 6.45) is -1.90. The van der Waals surface area contributed by atoms with Crippen LogP contribution >= 0.6 is 0 Å². The molecule has 1 fully saturated rings. The van der Waals surface area contributed by atoms with Crippen LogP contribution in [0.25, 0.3) is 0 Å². The molecule has 11 heteroatoms. The lowest BCUT2D eigenvalue weighted by Crippen LogP contribution is -2.49. The highest BCUT2D eigenvalue weighted by Gasteiger charge is 2.49. The fraction of sp³-hybridized carbons (Fsp3) is 0.346. The Morgan fingerprint density at radius 2 is 1.43 bits per heavy atom. The maximum atomic E-state index is 13.0. The van der Waals surface area contributed by atoms with Crippen molar-refractivity contribution in [2.75, 3.05) is 13.1 Å². The topological polar surface area (TPSA) is 132 Å². The van der Waals surface area contributed by atoms with E-state index in [1.54, 1.807) is 81.4 Å². The van der Waals surface area contributed by atoms with Crippen molar-refractivity contribution >= 4 is 30.1 Å². The molecule has 1 saturated heterocycles. The molecule has 5 amide bonds. The monoisotopic (exact) mass is 511 g/mol. The molecule has 0 bridgehead atoms. The second-order valence-electron chi connectivity index (χ2n) is 9.16. The predicted octanol–water partition coefficient (Wildman–Crippen LogP) is 3.22. The van der Waals surface area contributed by atoms with E-state index in [2.05, 4.69) is 5.32 Å². The van der Waals surface area contributed by atoms with Crippen LogP contribution in [-0.2, 0) is 37.0 Å². The smallest absolute Gasteiger partial charge is 0.418 e. The quantitative estimate of drug-likeness (QED) is 0.443. The van der Waals surface area contributed by atoms with Gasteiger partial charge in [-0.05, 0) is 31.9 Å². The molecule has 1 aliphatic rings. The van der Waals surface area contributed by atoms with Gasteiger partial charge in [0.15, 0.2) is 6.04 Å². The first-order chi connectivity index (χ1) is 17.5. The average Bonchev–Trinajstić information content (AvgIpc) is 3.22. The number of amides is 5. The van der Waals surface area contributed by atoms with Gasteiger partial charge in [-0.3, -0.25) is 4.79 Å². The molecule has 1 heterocycles. The van der Waals surface area contributed by atoms with Crippen LogP contribution in [0, 0.1) is 0 Å². The van der Waals surface area contributed by atoms with Crippen LogP contribution in [0.3, 0.4) is 0 Å². The summed E-state index contributed by atoms with van der Waals surface area (Å²) >= 11 is 0. The molecule has 37 heavy (non-hydrogen) atoms. The number of carbonyl (C=O) groups is 5. The maximum Gasteiger partial charge on any atom is 0.418 e. The van der Waals surface area contributed by atoms with E-state index in [1.807, 2.05) is 0 Å². The number of esters is 1. The highest BCUT2D eigenvalue weighted by Crippen LogP contribution is 2.20. The van der Waals surface area contributed by atoms with Gasteiger partial charge in [-0.25, -0.2) is 29.0 Å². The van der Waals surface area contributed by atoms with E-state index in [4.69, 9.17) is 14.2 Å². The molecule has 196 valence electrons. The Hall–Kier alpha value is -4.41. The van der Waals surface area contributed by atoms with Gasteiger partial charge in [0.25, 0.3) is 5.91 Å². The van der Waals surface area contributed by atoms with E-state index in [0.717, 1.165) is 0 Å². The fourth-order valence-corrected chi connectivity index (χ4v) is 3.38. The molecule has 11 nitrogen and oxygen atoms in total. The number of urea groups is 1. The Morgan fingerprint density at radius 1 is 0.892 bits per heavy atom. The summed E-state index contributed by atoms with van der Waals surface area (Å²) in [5, 5.41) is 2.25. The lowest BCUT2D eigenvalue weighted by molar-refractivity contribution is -0.152. The first-order valence-electron chi connectivity index (χ1n) is 11.6. The SMILES string of the molecule is CC(C)(C)OC(=O)NCC(=O)N1C(=O)N(C(=O)OCc2ccccc2)C[C@H]1C(=O)OCc1ccccc1. The van der Waals surface area contributed by atoms with Gasteiger partial charge in [0, 0.05) is 0 Å². The second kappa shape index (κ2) is 12.0. The lowest BCUT2D eigenvalue weighted by Gasteiger charge is -2.22. The van der Waals surface area contributed by atoms with Crippen LogP contribution in [0.5, 0.6) is 0 Å². The van der Waals surface area contributed by atoms with Gasteiger partial charge in [-0.2, -0.15) is 0 Å². The molecular formula is C26H29N3O8. The standard InChI is InChI=1S/C26H29N3O8/c1-26(2,3)37-23(32)27-14-21(30)29-20(22(31)35-16-18-10-6-4-7-11-18)15-28(24(29)33)25(34)36-17-19-12-8-5-9-13-19/h4-13,20H,14-17H2,1-3H3,(H,27,32)/t20-/m0/s1. The van der Waals surface area contributed by atoms with Crippen molar-refractivity contribution < 1.29 is 38.2 Å². The van der Waals surface area contributed by atoms with Crippen LogP contribution in [0.15, 0.2) is 60.7 Å². The number of hydrogen-bond acceptors (Lipinski definition) is 8. The summed E-state index contributed by atoms with van der Waals surface area (Å²) in [5.74, 6) is -1.81. The number of ether oxygens (including phenoxy) is 3. The van der Waals surface area contributed by atoms with Gasteiger partial charge in [-0.1, -0.05) is 60.7 Å². The number of nitrogens with zero attached hydrogens (tertiary/aromatic N) is 2. The number of rotatable bonds is 7. The molecule has 1 N–H and O–H groups in total. The van der Waals surface area contributed by atoms with Crippen molar-refractivity contribution in [3.63, 3.8) is 0 Å². The molecule has 2 aromatic carbocycles. The minimum absolute atomic E-state index is 0.0962. The van der Waals surface area contributed by atoms with E-state index in [0.29, 0.717) is 20.9 Å². The van der Waals surface area contributed by atoms with Crippen molar-refractivity contribution in [1.29, 1.82) is 0 Å². The first kappa shape index (κ1) is 27.2. The maximum absolute atomic E-state index is 13.0. The van der Waals surface area contributed by atoms with Crippen LogP contribution in [0.4, 0.5) is 14.4 Å². The van der Waals surface area contributed by atoms with Gasteiger partial charge in [0.05, 0.1) is 6.54 Å². The number of nitrogens with one attached hydrogen (secondary N) is 1. The van der Waals surface area contributed by atoms with E-state index < -0.39 is 54.8 Å². The molecule has 0 unspecified atom stereocenters. The third kappa shape index (κ3) is 7.79. The minimum atomic E-state index is -1.42. The molecule has 0 aliphatic carbocycles. The van der Waals surface area contributed by atoms with Crippen LogP contribution in [-0.4, -0.2) is 64.6 Å². The summed E-state index contributed by atoms with van der Waals surface area (Å²) in [6, 6.07) is 15.2. The summed E-state index contributed by atoms with van der Waals surface area (Å²) in [5.41, 5.74) is 0.583. The zero-order chi connectivity index (χ0) is 27.0. The lowest BCUT2D eigenvalue weighted by atomic mass is 10.2. The van der Waals surface area contributed by atoms with Crippen LogP contribution in [0.2, 0.25) is 0 Å². The van der Waals surface area contributed by atoms with Gasteiger partial charge in [0.2, 0.25) is 0 Å². The van der Waals surface area contributed by atoms with Crippen LogP contribution < -0.4 is 5.32 Å². The molecule has 1 aliphatic heterocycles. The molecule has 3 rings (SSSR count). The Labute approximate surface area is 214 Å². The number of benzene rings is 2. The van der Waals surface area contributed by atoms with E-state index in [-0.39, 0.29) is 13.2 Å². The predicted molar refractivity (Wildman–Crippen MR) is 130 cm³/mol. The zero-order valence-electron chi connectivity index (χ0n) is 20.8. The molecule has 1 atom stereocenters. The number of imide groups is 2. The van der Waals surface area contributed by atoms with E-state index in [1.165, 1.54) is 0 Å². The summed E-state index contributed by atoms with van der Waals surface area (Å²) in [4.78, 5) is 64.7. The number of hydrogen-bond donors (Lipinski definition) is 1. The average molecular weight is 512 g/mol. The first-order valence-corrected chi connectivity index (χ1v) is 11.6. The van der Waals surface area contributed by atoms with E-state index >= 15 is 0 Å². The van der Waals surface area contributed by atoms with Crippen molar-refractivity contribution in [3.05, 3.63) is 71.8 Å². The third-order valence-electron chi connectivity index (χ3n) is 5.08. The van der Waals surface area contributed by atoms with E-state index in [9.17, 15) is 24.0 Å². The Morgan fingerprint density at radius 3 is 1.97 bits per heavy atom. The Kier molecular flexibility index (Phi) is 8.83. The van der Waals surface area contributed by atoms with Gasteiger partial charge >= 0.3 is 24.2 Å². The fourth-order valence-electron chi connectivity index (χ4n) is 3.38. The van der Waals surface area contributed by atoms with Crippen molar-refractivity contribution in [2.45, 2.75) is 45.6 Å². The summed E-state index contributed by atoms with van der Waals surface area (Å²) in [6.45, 7) is 3.64. The van der Waals surface area contributed by atoms with Gasteiger partial charge < -0.3 is 19.5 Å².